The molecule has 0 spiro atoms. The lowest BCUT2D eigenvalue weighted by molar-refractivity contribution is -0.133. The first-order valence-corrected chi connectivity index (χ1v) is 8.91. The average Bonchev–Trinajstić information content (AvgIpc) is 2.58. The van der Waals surface area contributed by atoms with Crippen LogP contribution in [0.3, 0.4) is 0 Å². The predicted octanol–water partition coefficient (Wildman–Crippen LogP) is -3.25. The number of nitrogens with two attached hydrogens (primary N) is 2. The Morgan fingerprint density at radius 1 is 0.741 bits per heavy atom. The van der Waals surface area contributed by atoms with Crippen LogP contribution in [-0.4, -0.2) is 65.5 Å². The molecule has 0 unspecified atom stereocenters. The van der Waals surface area contributed by atoms with Gasteiger partial charge in [0.1, 0.15) is 24.2 Å². The summed E-state index contributed by atoms with van der Waals surface area (Å²) in [6.07, 6.45) is 0. The molecule has 0 aromatic rings. The lowest BCUT2D eigenvalue weighted by Crippen LogP contribution is -2.57. The molecule has 0 fully saturated rings. The van der Waals surface area contributed by atoms with Crippen LogP contribution in [0.5, 0.6) is 0 Å². The highest BCUT2D eigenvalue weighted by atomic mass is 32.1. The fraction of sp³-hybridized carbons (Fsp3) is 0.667. The number of hydrogen-bond acceptors (Lipinski definition) is 7. The topological polar surface area (TPSA) is 186 Å². The highest BCUT2D eigenvalue weighted by molar-refractivity contribution is 7.80. The Hall–Kier alpha value is -2.34. The second-order valence-electron chi connectivity index (χ2n) is 6.13. The summed E-state index contributed by atoms with van der Waals surface area (Å²) in [5, 5.41) is 9.56. The van der Waals surface area contributed by atoms with Crippen LogP contribution in [0, 0.1) is 0 Å². The maximum atomic E-state index is 12.1. The molecule has 0 aliphatic carbocycles. The Balaban J connectivity index is 4.59. The number of carbonyl (C=O) groups excluding carboxylic acids is 5. The predicted molar refractivity (Wildman–Crippen MR) is 101 cm³/mol. The highest BCUT2D eigenvalue weighted by Gasteiger charge is 2.25. The van der Waals surface area contributed by atoms with E-state index in [1.54, 1.807) is 0 Å². The standard InChI is InChI=1S/C15H28N6O5S/c1-6(16)12(23)18-7(2)13(24)19-8(3)14(25)20-9(4)15(26)21-10(5-27)11(17)22/h6-10,27H,5,16H2,1-4H3,(H2,17,22)(H,18,23)(H,19,24)(H,20,25)(H,21,26)/t6-,7-,8-,9-,10-/m0/s1. The van der Waals surface area contributed by atoms with Crippen LogP contribution < -0.4 is 32.7 Å². The zero-order valence-corrected chi connectivity index (χ0v) is 16.6. The summed E-state index contributed by atoms with van der Waals surface area (Å²) in [6.45, 7) is 5.73. The summed E-state index contributed by atoms with van der Waals surface area (Å²) in [6, 6.07) is -4.59. The summed E-state index contributed by atoms with van der Waals surface area (Å²) in [4.78, 5) is 58.7. The summed E-state index contributed by atoms with van der Waals surface area (Å²) >= 11 is 3.91. The molecule has 12 heteroatoms. The maximum absolute atomic E-state index is 12.1. The van der Waals surface area contributed by atoms with Crippen molar-refractivity contribution in [3.63, 3.8) is 0 Å². The van der Waals surface area contributed by atoms with Crippen molar-refractivity contribution < 1.29 is 24.0 Å². The van der Waals surface area contributed by atoms with E-state index >= 15 is 0 Å². The van der Waals surface area contributed by atoms with Gasteiger partial charge in [0, 0.05) is 5.75 Å². The number of nitrogens with one attached hydrogen (secondary N) is 4. The zero-order valence-electron chi connectivity index (χ0n) is 15.7. The molecule has 0 saturated heterocycles. The van der Waals surface area contributed by atoms with Gasteiger partial charge in [-0.25, -0.2) is 0 Å². The molecule has 0 bridgehead atoms. The molecule has 0 heterocycles. The van der Waals surface area contributed by atoms with Crippen molar-refractivity contribution in [2.24, 2.45) is 11.5 Å². The molecule has 27 heavy (non-hydrogen) atoms. The summed E-state index contributed by atoms with van der Waals surface area (Å²) < 4.78 is 0. The van der Waals surface area contributed by atoms with Crippen LogP contribution in [0.15, 0.2) is 0 Å². The molecular formula is C15H28N6O5S. The zero-order chi connectivity index (χ0) is 21.3. The van der Waals surface area contributed by atoms with Gasteiger partial charge in [-0.15, -0.1) is 0 Å². The van der Waals surface area contributed by atoms with Gasteiger partial charge in [-0.3, -0.25) is 24.0 Å². The third-order valence-electron chi connectivity index (χ3n) is 3.51. The van der Waals surface area contributed by atoms with Gasteiger partial charge >= 0.3 is 0 Å². The second-order valence-corrected chi connectivity index (χ2v) is 6.49. The second kappa shape index (κ2) is 11.4. The minimum absolute atomic E-state index is 0.0131. The number of primary amides is 1. The van der Waals surface area contributed by atoms with Gasteiger partial charge in [-0.1, -0.05) is 0 Å². The Morgan fingerprint density at radius 2 is 1.07 bits per heavy atom. The van der Waals surface area contributed by atoms with E-state index in [1.807, 2.05) is 0 Å². The van der Waals surface area contributed by atoms with Crippen LogP contribution in [0.2, 0.25) is 0 Å². The molecule has 0 radical (unpaired) electrons. The normalized spacial score (nSPS) is 16.1. The number of carbonyl (C=O) groups is 5. The van der Waals surface area contributed by atoms with Gasteiger partial charge in [-0.05, 0) is 27.7 Å². The first-order valence-electron chi connectivity index (χ1n) is 8.27. The van der Waals surface area contributed by atoms with Crippen molar-refractivity contribution in [2.45, 2.75) is 57.9 Å². The Kier molecular flexibility index (Phi) is 10.4. The van der Waals surface area contributed by atoms with Crippen molar-refractivity contribution in [3.05, 3.63) is 0 Å². The lowest BCUT2D eigenvalue weighted by atomic mass is 10.2. The molecule has 0 aliphatic heterocycles. The first-order chi connectivity index (χ1) is 12.4. The van der Waals surface area contributed by atoms with Crippen LogP contribution in [0.1, 0.15) is 27.7 Å². The third-order valence-corrected chi connectivity index (χ3v) is 3.88. The molecule has 5 atom stereocenters. The van der Waals surface area contributed by atoms with Crippen LogP contribution in [0.4, 0.5) is 0 Å². The SMILES string of the molecule is C[C@H](N)C(=O)N[C@@H](C)C(=O)N[C@@H](C)C(=O)N[C@@H](C)C(=O)N[C@@H](CS)C(N)=O. The number of amides is 5. The Labute approximate surface area is 163 Å². The van der Waals surface area contributed by atoms with Gasteiger partial charge < -0.3 is 32.7 Å². The van der Waals surface area contributed by atoms with Crippen molar-refractivity contribution in [1.29, 1.82) is 0 Å². The third kappa shape index (κ3) is 8.73. The van der Waals surface area contributed by atoms with Crippen molar-refractivity contribution in [1.82, 2.24) is 21.3 Å². The van der Waals surface area contributed by atoms with E-state index in [1.165, 1.54) is 27.7 Å². The number of thiol groups is 1. The summed E-state index contributed by atoms with van der Waals surface area (Å²) in [5.74, 6) is -3.09. The quantitative estimate of drug-likeness (QED) is 0.187. The largest absolute Gasteiger partial charge is 0.368 e. The molecule has 0 saturated carbocycles. The number of rotatable bonds is 10. The first kappa shape index (κ1) is 24.7. The summed E-state index contributed by atoms with van der Waals surface area (Å²) in [5.41, 5.74) is 10.5. The fourth-order valence-electron chi connectivity index (χ4n) is 1.72. The van der Waals surface area contributed by atoms with E-state index in [0.29, 0.717) is 0 Å². The van der Waals surface area contributed by atoms with Crippen molar-refractivity contribution in [3.8, 4) is 0 Å². The van der Waals surface area contributed by atoms with Gasteiger partial charge in [0.05, 0.1) is 6.04 Å². The van der Waals surface area contributed by atoms with Gasteiger partial charge in [0.15, 0.2) is 0 Å². The lowest BCUT2D eigenvalue weighted by Gasteiger charge is -2.21. The van der Waals surface area contributed by atoms with E-state index in [0.717, 1.165) is 0 Å². The van der Waals surface area contributed by atoms with E-state index < -0.39 is 59.7 Å². The summed E-state index contributed by atoms with van der Waals surface area (Å²) in [7, 11) is 0. The maximum Gasteiger partial charge on any atom is 0.242 e. The minimum atomic E-state index is -0.978. The van der Waals surface area contributed by atoms with Crippen LogP contribution in [0.25, 0.3) is 0 Å². The van der Waals surface area contributed by atoms with E-state index in [-0.39, 0.29) is 5.75 Å². The molecular weight excluding hydrogens is 376 g/mol. The Morgan fingerprint density at radius 3 is 1.37 bits per heavy atom. The van der Waals surface area contributed by atoms with Crippen molar-refractivity contribution in [2.75, 3.05) is 5.75 Å². The molecule has 0 aromatic carbocycles. The van der Waals surface area contributed by atoms with Crippen molar-refractivity contribution >= 4 is 42.2 Å². The van der Waals surface area contributed by atoms with Crippen LogP contribution >= 0.6 is 12.6 Å². The molecule has 154 valence electrons. The molecule has 0 rings (SSSR count). The molecule has 0 aliphatic rings. The van der Waals surface area contributed by atoms with E-state index in [2.05, 4.69) is 33.9 Å². The number of hydrogen-bond donors (Lipinski definition) is 7. The van der Waals surface area contributed by atoms with Crippen LogP contribution in [-0.2, 0) is 24.0 Å². The van der Waals surface area contributed by atoms with E-state index in [4.69, 9.17) is 11.5 Å². The average molecular weight is 404 g/mol. The molecule has 8 N–H and O–H groups in total. The molecule has 11 nitrogen and oxygen atoms in total. The highest BCUT2D eigenvalue weighted by Crippen LogP contribution is 1.93. The van der Waals surface area contributed by atoms with E-state index in [9.17, 15) is 24.0 Å². The minimum Gasteiger partial charge on any atom is -0.368 e. The van der Waals surface area contributed by atoms with Gasteiger partial charge in [0.2, 0.25) is 29.5 Å². The fourth-order valence-corrected chi connectivity index (χ4v) is 1.99. The smallest absolute Gasteiger partial charge is 0.242 e. The monoisotopic (exact) mass is 404 g/mol. The van der Waals surface area contributed by atoms with Gasteiger partial charge in [0.25, 0.3) is 0 Å². The van der Waals surface area contributed by atoms with Gasteiger partial charge in [-0.2, -0.15) is 12.6 Å². The molecule has 5 amide bonds. The molecule has 0 aromatic heterocycles. The Bertz CT molecular complexity index is 585.